The Balaban J connectivity index is 1.70. The van der Waals surface area contributed by atoms with Gasteiger partial charge >= 0.3 is 5.97 Å². The molecule has 0 spiro atoms. The Morgan fingerprint density at radius 3 is 2.45 bits per heavy atom. The summed E-state index contributed by atoms with van der Waals surface area (Å²) >= 11 is 1.34. The van der Waals surface area contributed by atoms with E-state index in [0.717, 1.165) is 33.8 Å². The highest BCUT2D eigenvalue weighted by molar-refractivity contribution is 7.07. The molecule has 1 aliphatic rings. The highest BCUT2D eigenvalue weighted by atomic mass is 32.1. The monoisotopic (exact) mass is 525 g/mol. The van der Waals surface area contributed by atoms with E-state index in [-0.39, 0.29) is 12.2 Å². The summed E-state index contributed by atoms with van der Waals surface area (Å²) in [5, 5.41) is 0. The molecule has 2 aromatic carbocycles. The molecule has 194 valence electrons. The van der Waals surface area contributed by atoms with Gasteiger partial charge < -0.3 is 9.30 Å². The van der Waals surface area contributed by atoms with Crippen molar-refractivity contribution in [1.82, 2.24) is 9.13 Å². The van der Waals surface area contributed by atoms with Crippen LogP contribution in [0.2, 0.25) is 0 Å². The van der Waals surface area contributed by atoms with Gasteiger partial charge in [0.25, 0.3) is 5.56 Å². The molecule has 0 aliphatic carbocycles. The Bertz CT molecular complexity index is 1770. The molecule has 6 nitrogen and oxygen atoms in total. The molecule has 1 aliphatic heterocycles. The van der Waals surface area contributed by atoms with Crippen LogP contribution in [-0.4, -0.2) is 21.7 Å². The summed E-state index contributed by atoms with van der Waals surface area (Å²) in [6.07, 6.45) is 1.94. The third kappa shape index (κ3) is 4.37. The number of aromatic nitrogens is 2. The maximum atomic E-state index is 13.9. The highest BCUT2D eigenvalue weighted by Gasteiger charge is 2.33. The Hall–Kier alpha value is -3.97. The number of para-hydroxylation sites is 1. The van der Waals surface area contributed by atoms with E-state index in [9.17, 15) is 9.59 Å². The van der Waals surface area contributed by atoms with Crippen LogP contribution >= 0.6 is 11.3 Å². The molecular formula is C31H31N3O3S. The van der Waals surface area contributed by atoms with E-state index >= 15 is 0 Å². The van der Waals surface area contributed by atoms with Crippen molar-refractivity contribution in [3.63, 3.8) is 0 Å². The van der Waals surface area contributed by atoms with Crippen LogP contribution in [0, 0.1) is 27.7 Å². The van der Waals surface area contributed by atoms with Crippen molar-refractivity contribution in [2.24, 2.45) is 4.99 Å². The first-order chi connectivity index (χ1) is 18.2. The van der Waals surface area contributed by atoms with Gasteiger partial charge in [-0.25, -0.2) is 9.79 Å². The molecule has 0 amide bonds. The smallest absolute Gasteiger partial charge is 0.338 e. The van der Waals surface area contributed by atoms with Crippen molar-refractivity contribution in [1.29, 1.82) is 0 Å². The van der Waals surface area contributed by atoms with E-state index < -0.39 is 12.0 Å². The number of esters is 1. The minimum absolute atomic E-state index is 0.172. The Morgan fingerprint density at radius 2 is 1.76 bits per heavy atom. The van der Waals surface area contributed by atoms with Crippen LogP contribution in [-0.2, 0) is 9.53 Å². The molecule has 0 saturated heterocycles. The van der Waals surface area contributed by atoms with Crippen molar-refractivity contribution in [3.8, 4) is 5.69 Å². The summed E-state index contributed by atoms with van der Waals surface area (Å²) in [6.45, 7) is 12.1. The Morgan fingerprint density at radius 1 is 1.05 bits per heavy atom. The predicted molar refractivity (Wildman–Crippen MR) is 152 cm³/mol. The molecule has 7 heteroatoms. The lowest BCUT2D eigenvalue weighted by molar-refractivity contribution is -0.139. The third-order valence-corrected chi connectivity index (χ3v) is 8.01. The van der Waals surface area contributed by atoms with Gasteiger partial charge in [-0.3, -0.25) is 9.36 Å². The van der Waals surface area contributed by atoms with Crippen LogP contribution in [0.3, 0.4) is 0 Å². The summed E-state index contributed by atoms with van der Waals surface area (Å²) in [7, 11) is 0. The largest absolute Gasteiger partial charge is 0.463 e. The molecule has 3 heterocycles. The second kappa shape index (κ2) is 10.1. The SMILES string of the molecule is CCOC(=O)C1=C(C)N=c2s/c(=C/c3cc(C)n(-c4ccccc4C)c3C)c(=O)n2[C@@H]1c1ccc(C)cc1. The third-order valence-electron chi connectivity index (χ3n) is 7.02. The minimum atomic E-state index is -0.604. The fourth-order valence-corrected chi connectivity index (χ4v) is 6.15. The van der Waals surface area contributed by atoms with Gasteiger partial charge in [-0.15, -0.1) is 0 Å². The molecule has 2 aromatic heterocycles. The minimum Gasteiger partial charge on any atom is -0.463 e. The fraction of sp³-hybridized carbons (Fsp3) is 0.258. The average Bonchev–Trinajstić information content (AvgIpc) is 3.33. The van der Waals surface area contributed by atoms with Crippen molar-refractivity contribution in [3.05, 3.63) is 119 Å². The van der Waals surface area contributed by atoms with Crippen LogP contribution in [0.25, 0.3) is 11.8 Å². The summed E-state index contributed by atoms with van der Waals surface area (Å²) in [5.41, 5.74) is 8.17. The number of nitrogens with zero attached hydrogens (tertiary/aromatic N) is 3. The molecule has 0 saturated carbocycles. The second-order valence-electron chi connectivity index (χ2n) is 9.66. The van der Waals surface area contributed by atoms with Gasteiger partial charge in [0.1, 0.15) is 0 Å². The number of allylic oxidation sites excluding steroid dienone is 1. The van der Waals surface area contributed by atoms with Gasteiger partial charge in [0.05, 0.1) is 28.5 Å². The van der Waals surface area contributed by atoms with E-state index in [0.29, 0.717) is 20.6 Å². The molecule has 0 unspecified atom stereocenters. The quantitative estimate of drug-likeness (QED) is 0.351. The summed E-state index contributed by atoms with van der Waals surface area (Å²) in [6, 6.07) is 17.7. The molecule has 1 atom stereocenters. The molecule has 38 heavy (non-hydrogen) atoms. The predicted octanol–water partition coefficient (Wildman–Crippen LogP) is 4.82. The van der Waals surface area contributed by atoms with E-state index in [1.807, 2.05) is 49.4 Å². The van der Waals surface area contributed by atoms with Crippen LogP contribution in [0.15, 0.2) is 75.7 Å². The zero-order chi connectivity index (χ0) is 27.1. The van der Waals surface area contributed by atoms with Crippen molar-refractivity contribution in [2.75, 3.05) is 6.61 Å². The van der Waals surface area contributed by atoms with Gasteiger partial charge in [-0.1, -0.05) is 59.4 Å². The van der Waals surface area contributed by atoms with Crippen molar-refractivity contribution >= 4 is 23.4 Å². The maximum absolute atomic E-state index is 13.9. The zero-order valence-corrected chi connectivity index (χ0v) is 23.3. The number of aryl methyl sites for hydroxylation is 3. The highest BCUT2D eigenvalue weighted by Crippen LogP contribution is 2.31. The van der Waals surface area contributed by atoms with E-state index in [1.54, 1.807) is 18.4 Å². The van der Waals surface area contributed by atoms with Gasteiger partial charge in [0.15, 0.2) is 4.80 Å². The lowest BCUT2D eigenvalue weighted by Gasteiger charge is -2.24. The van der Waals surface area contributed by atoms with Gasteiger partial charge in [0.2, 0.25) is 0 Å². The molecular weight excluding hydrogens is 494 g/mol. The molecule has 0 fully saturated rings. The van der Waals surface area contributed by atoms with Gasteiger partial charge in [-0.2, -0.15) is 0 Å². The first-order valence-corrected chi connectivity index (χ1v) is 13.5. The van der Waals surface area contributed by atoms with Crippen molar-refractivity contribution < 1.29 is 9.53 Å². The fourth-order valence-electron chi connectivity index (χ4n) is 5.12. The number of rotatable bonds is 5. The number of thiazole rings is 1. The summed E-state index contributed by atoms with van der Waals surface area (Å²) in [5.74, 6) is -0.449. The van der Waals surface area contributed by atoms with E-state index in [2.05, 4.69) is 48.5 Å². The normalized spacial score (nSPS) is 15.4. The van der Waals surface area contributed by atoms with Crippen molar-refractivity contribution in [2.45, 2.75) is 47.6 Å². The number of hydrogen-bond acceptors (Lipinski definition) is 5. The standard InChI is InChI=1S/C31H31N3O3S/c1-7-37-30(36)27-21(5)32-31-34(28(27)23-14-12-18(2)13-15-23)29(35)26(38-31)17-24-16-20(4)33(22(24)6)25-11-9-8-10-19(25)3/h8-17,28H,7H2,1-6H3/b26-17+/t28-/m1/s1. The maximum Gasteiger partial charge on any atom is 0.338 e. The summed E-state index contributed by atoms with van der Waals surface area (Å²) in [4.78, 5) is 32.3. The zero-order valence-electron chi connectivity index (χ0n) is 22.5. The number of benzene rings is 2. The van der Waals surface area contributed by atoms with Crippen LogP contribution in [0.5, 0.6) is 0 Å². The number of hydrogen-bond donors (Lipinski definition) is 0. The van der Waals surface area contributed by atoms with Gasteiger partial charge in [-0.05, 0) is 76.4 Å². The first kappa shape index (κ1) is 25.7. The summed E-state index contributed by atoms with van der Waals surface area (Å²) < 4.78 is 9.82. The molecule has 0 N–H and O–H groups in total. The van der Waals surface area contributed by atoms with Crippen LogP contribution < -0.4 is 14.9 Å². The number of carbonyl (C=O) groups is 1. The number of carbonyl (C=O) groups excluding carboxylic acids is 1. The average molecular weight is 526 g/mol. The second-order valence-corrected chi connectivity index (χ2v) is 10.7. The van der Waals surface area contributed by atoms with Crippen LogP contribution in [0.4, 0.5) is 0 Å². The van der Waals surface area contributed by atoms with Crippen LogP contribution in [0.1, 0.15) is 53.5 Å². The molecule has 5 rings (SSSR count). The Kier molecular flexibility index (Phi) is 6.80. The first-order valence-electron chi connectivity index (χ1n) is 12.7. The number of ether oxygens (including phenoxy) is 1. The van der Waals surface area contributed by atoms with E-state index in [4.69, 9.17) is 4.74 Å². The molecule has 0 bridgehead atoms. The topological polar surface area (TPSA) is 65.6 Å². The molecule has 4 aromatic rings. The van der Waals surface area contributed by atoms with E-state index in [1.165, 1.54) is 16.9 Å². The number of fused-ring (bicyclic) bond motifs is 1. The lowest BCUT2D eigenvalue weighted by Crippen LogP contribution is -2.39. The Labute approximate surface area is 225 Å². The molecule has 0 radical (unpaired) electrons. The van der Waals surface area contributed by atoms with Gasteiger partial charge in [0, 0.05) is 17.1 Å². The lowest BCUT2D eigenvalue weighted by atomic mass is 9.95.